The van der Waals surface area contributed by atoms with Gasteiger partial charge in [0, 0.05) is 0 Å². The Labute approximate surface area is 142 Å². The van der Waals surface area contributed by atoms with Crippen molar-refractivity contribution in [2.75, 3.05) is 0 Å². The van der Waals surface area contributed by atoms with Crippen LogP contribution in [0.4, 0.5) is 0 Å². The Kier molecular flexibility index (Phi) is 12.4. The van der Waals surface area contributed by atoms with Crippen molar-refractivity contribution in [3.8, 4) is 0 Å². The van der Waals surface area contributed by atoms with Crippen molar-refractivity contribution in [2.45, 2.75) is 119 Å². The summed E-state index contributed by atoms with van der Waals surface area (Å²) in [7, 11) is 0. The molecular formula is C22H46. The van der Waals surface area contributed by atoms with Crippen LogP contribution in [0.3, 0.4) is 0 Å². The number of hydrogen-bond donors (Lipinski definition) is 0. The van der Waals surface area contributed by atoms with Gasteiger partial charge in [0.15, 0.2) is 0 Å². The third-order valence-electron chi connectivity index (χ3n) is 6.43. The maximum absolute atomic E-state index is 2.48. The van der Waals surface area contributed by atoms with Crippen molar-refractivity contribution in [1.82, 2.24) is 0 Å². The fourth-order valence-corrected chi connectivity index (χ4v) is 3.56. The average molecular weight is 311 g/mol. The highest BCUT2D eigenvalue weighted by Gasteiger charge is 2.18. The van der Waals surface area contributed by atoms with Gasteiger partial charge in [-0.1, -0.05) is 106 Å². The van der Waals surface area contributed by atoms with Gasteiger partial charge in [0.25, 0.3) is 0 Å². The van der Waals surface area contributed by atoms with Crippen LogP contribution in [0.5, 0.6) is 0 Å². The molecule has 0 aromatic heterocycles. The summed E-state index contributed by atoms with van der Waals surface area (Å²) >= 11 is 0. The summed E-state index contributed by atoms with van der Waals surface area (Å²) in [5, 5.41) is 0. The van der Waals surface area contributed by atoms with Gasteiger partial charge in [-0.25, -0.2) is 0 Å². The molecule has 0 bridgehead atoms. The Morgan fingerprint density at radius 1 is 0.727 bits per heavy atom. The third-order valence-corrected chi connectivity index (χ3v) is 6.43. The second kappa shape index (κ2) is 12.4. The van der Waals surface area contributed by atoms with E-state index in [2.05, 4.69) is 48.5 Å². The largest absolute Gasteiger partial charge is 0.0651 e. The van der Waals surface area contributed by atoms with E-state index < -0.39 is 0 Å². The SMILES string of the molecule is CCC(CC)CCC(CCCCCC(C)(C)CC)C(C)CC. The molecule has 0 saturated carbocycles. The zero-order chi connectivity index (χ0) is 17.0. The first-order valence-electron chi connectivity index (χ1n) is 10.4. The van der Waals surface area contributed by atoms with Gasteiger partial charge < -0.3 is 0 Å². The molecule has 0 spiro atoms. The third kappa shape index (κ3) is 9.90. The van der Waals surface area contributed by atoms with Crippen LogP contribution in [-0.4, -0.2) is 0 Å². The van der Waals surface area contributed by atoms with Crippen LogP contribution in [0.1, 0.15) is 119 Å². The maximum atomic E-state index is 2.48. The smallest absolute Gasteiger partial charge is 0.0357 e. The molecule has 0 aliphatic rings. The highest BCUT2D eigenvalue weighted by molar-refractivity contribution is 4.70. The van der Waals surface area contributed by atoms with Gasteiger partial charge in [-0.05, 0) is 36.0 Å². The Hall–Kier alpha value is 0. The van der Waals surface area contributed by atoms with Crippen LogP contribution in [0, 0.1) is 23.2 Å². The van der Waals surface area contributed by atoms with E-state index in [1.54, 1.807) is 0 Å². The first kappa shape index (κ1) is 22.0. The standard InChI is InChI=1S/C22H46/c1-8-19(5)21(17-16-20(9-2)10-3)15-13-12-14-18-22(6,7)11-4/h19-21H,8-18H2,1-7H3. The zero-order valence-electron chi connectivity index (χ0n) is 17.0. The number of unbranched alkanes of at least 4 members (excludes halogenated alkanes) is 2. The van der Waals surface area contributed by atoms with Crippen molar-refractivity contribution >= 4 is 0 Å². The summed E-state index contributed by atoms with van der Waals surface area (Å²) in [5.74, 6) is 2.86. The predicted octanol–water partition coefficient (Wildman–Crippen LogP) is 8.25. The van der Waals surface area contributed by atoms with E-state index in [0.29, 0.717) is 5.41 Å². The van der Waals surface area contributed by atoms with Crippen LogP contribution in [0.15, 0.2) is 0 Å². The number of hydrogen-bond acceptors (Lipinski definition) is 0. The summed E-state index contributed by atoms with van der Waals surface area (Å²) in [6.07, 6.45) is 15.6. The molecule has 0 aromatic rings. The van der Waals surface area contributed by atoms with E-state index in [1.807, 2.05) is 0 Å². The Morgan fingerprint density at radius 2 is 1.36 bits per heavy atom. The second-order valence-corrected chi connectivity index (χ2v) is 8.52. The molecule has 2 atom stereocenters. The van der Waals surface area contributed by atoms with Crippen LogP contribution < -0.4 is 0 Å². The van der Waals surface area contributed by atoms with Crippen LogP contribution in [0.25, 0.3) is 0 Å². The van der Waals surface area contributed by atoms with E-state index in [-0.39, 0.29) is 0 Å². The van der Waals surface area contributed by atoms with Crippen LogP contribution in [0.2, 0.25) is 0 Å². The maximum Gasteiger partial charge on any atom is -0.0357 e. The molecule has 0 fully saturated rings. The van der Waals surface area contributed by atoms with Gasteiger partial charge in [-0.3, -0.25) is 0 Å². The molecule has 0 aliphatic carbocycles. The molecule has 0 N–H and O–H groups in total. The lowest BCUT2D eigenvalue weighted by molar-refractivity contribution is 0.262. The molecule has 0 aliphatic heterocycles. The first-order valence-corrected chi connectivity index (χ1v) is 10.4. The molecule has 0 rings (SSSR count). The van der Waals surface area contributed by atoms with Gasteiger partial charge in [0.2, 0.25) is 0 Å². The second-order valence-electron chi connectivity index (χ2n) is 8.52. The van der Waals surface area contributed by atoms with Crippen molar-refractivity contribution in [3.05, 3.63) is 0 Å². The van der Waals surface area contributed by atoms with Crippen molar-refractivity contribution < 1.29 is 0 Å². The van der Waals surface area contributed by atoms with E-state index in [9.17, 15) is 0 Å². The van der Waals surface area contributed by atoms with E-state index in [0.717, 1.165) is 17.8 Å². The minimum absolute atomic E-state index is 0.561. The Bertz CT molecular complexity index is 236. The fraction of sp³-hybridized carbons (Fsp3) is 1.00. The zero-order valence-corrected chi connectivity index (χ0v) is 17.0. The summed E-state index contributed by atoms with van der Waals surface area (Å²) < 4.78 is 0. The quantitative estimate of drug-likeness (QED) is 0.283. The number of rotatable bonds is 14. The first-order chi connectivity index (χ1) is 10.4. The topological polar surface area (TPSA) is 0 Å². The minimum Gasteiger partial charge on any atom is -0.0651 e. The summed E-state index contributed by atoms with van der Waals surface area (Å²) in [6, 6.07) is 0. The van der Waals surface area contributed by atoms with Crippen LogP contribution >= 0.6 is 0 Å². The molecule has 0 heteroatoms. The van der Waals surface area contributed by atoms with Gasteiger partial charge in [0.05, 0.1) is 0 Å². The fourth-order valence-electron chi connectivity index (χ4n) is 3.56. The van der Waals surface area contributed by atoms with Gasteiger partial charge in [-0.15, -0.1) is 0 Å². The van der Waals surface area contributed by atoms with Crippen molar-refractivity contribution in [3.63, 3.8) is 0 Å². The van der Waals surface area contributed by atoms with Gasteiger partial charge in [0.1, 0.15) is 0 Å². The molecule has 0 heterocycles. The summed E-state index contributed by atoms with van der Waals surface area (Å²) in [5.41, 5.74) is 0.561. The van der Waals surface area contributed by atoms with Gasteiger partial charge >= 0.3 is 0 Å². The Balaban J connectivity index is 4.05. The van der Waals surface area contributed by atoms with E-state index in [1.165, 1.54) is 70.6 Å². The van der Waals surface area contributed by atoms with E-state index in [4.69, 9.17) is 0 Å². The molecule has 0 saturated heterocycles. The van der Waals surface area contributed by atoms with E-state index >= 15 is 0 Å². The molecule has 0 radical (unpaired) electrons. The molecular weight excluding hydrogens is 264 g/mol. The lowest BCUT2D eigenvalue weighted by atomic mass is 9.80. The van der Waals surface area contributed by atoms with Crippen molar-refractivity contribution in [2.24, 2.45) is 23.2 Å². The monoisotopic (exact) mass is 310 g/mol. The summed E-state index contributed by atoms with van der Waals surface area (Å²) in [6.45, 7) is 16.8. The highest BCUT2D eigenvalue weighted by atomic mass is 14.2. The average Bonchev–Trinajstić information content (AvgIpc) is 2.52. The lowest BCUT2D eigenvalue weighted by Gasteiger charge is -2.26. The highest BCUT2D eigenvalue weighted by Crippen LogP contribution is 2.31. The molecule has 22 heavy (non-hydrogen) atoms. The lowest BCUT2D eigenvalue weighted by Crippen LogP contribution is -2.13. The van der Waals surface area contributed by atoms with Crippen molar-refractivity contribution in [1.29, 1.82) is 0 Å². The molecule has 0 amide bonds. The summed E-state index contributed by atoms with van der Waals surface area (Å²) in [4.78, 5) is 0. The van der Waals surface area contributed by atoms with Crippen LogP contribution in [-0.2, 0) is 0 Å². The van der Waals surface area contributed by atoms with Gasteiger partial charge in [-0.2, -0.15) is 0 Å². The molecule has 0 aromatic carbocycles. The molecule has 2 unspecified atom stereocenters. The Morgan fingerprint density at radius 3 is 1.86 bits per heavy atom. The minimum atomic E-state index is 0.561. The predicted molar refractivity (Wildman–Crippen MR) is 103 cm³/mol. The molecule has 134 valence electrons. The normalized spacial score (nSPS) is 15.3. The molecule has 0 nitrogen and oxygen atoms in total.